The number of carbonyl (C=O) groups excluding carboxylic acids is 1. The molecule has 0 saturated heterocycles. The van der Waals surface area contributed by atoms with E-state index in [2.05, 4.69) is 10.6 Å². The minimum absolute atomic E-state index is 0.0922. The number of amidine groups is 2. The van der Waals surface area contributed by atoms with Gasteiger partial charge in [0.15, 0.2) is 0 Å². The Morgan fingerprint density at radius 1 is 1.23 bits per heavy atom. The Balaban J connectivity index is 2.72. The summed E-state index contributed by atoms with van der Waals surface area (Å²) < 4.78 is 0. The van der Waals surface area contributed by atoms with Gasteiger partial charge in [-0.05, 0) is 49.7 Å². The van der Waals surface area contributed by atoms with Crippen LogP contribution in [0.3, 0.4) is 0 Å². The summed E-state index contributed by atoms with van der Waals surface area (Å²) >= 11 is 6.03. The Hall–Kier alpha value is -2.38. The summed E-state index contributed by atoms with van der Waals surface area (Å²) in [5.74, 6) is -0.266. The van der Waals surface area contributed by atoms with Crippen molar-refractivity contribution in [2.75, 3.05) is 32.5 Å². The number of carbonyl (C=O) groups is 1. The zero-order chi connectivity index (χ0) is 19.5. The number of hydrogen-bond donors (Lipinski definition) is 5. The highest BCUT2D eigenvalue weighted by molar-refractivity contribution is 6.31. The van der Waals surface area contributed by atoms with Crippen LogP contribution in [-0.4, -0.2) is 49.7 Å². The smallest absolute Gasteiger partial charge is 0.258 e. The lowest BCUT2D eigenvalue weighted by Crippen LogP contribution is -2.29. The molecule has 0 radical (unpaired) electrons. The number of amides is 1. The average molecular weight is 379 g/mol. The largest absolute Gasteiger partial charge is 0.384 e. The lowest BCUT2D eigenvalue weighted by Gasteiger charge is -2.13. The number of likely N-dealkylation sites (N-methyl/N-ethyl adjacent to an activating group) is 1. The van der Waals surface area contributed by atoms with Crippen molar-refractivity contribution in [2.24, 2.45) is 5.73 Å². The van der Waals surface area contributed by atoms with Crippen molar-refractivity contribution in [1.82, 2.24) is 10.2 Å². The van der Waals surface area contributed by atoms with Gasteiger partial charge in [0.05, 0.1) is 5.56 Å². The first-order chi connectivity index (χ1) is 12.3. The van der Waals surface area contributed by atoms with Gasteiger partial charge < -0.3 is 21.3 Å². The Labute approximate surface area is 159 Å². The lowest BCUT2D eigenvalue weighted by molar-refractivity contribution is 0.0978. The second kappa shape index (κ2) is 11.3. The average Bonchev–Trinajstić information content (AvgIpc) is 2.59. The molecule has 0 aliphatic rings. The molecule has 0 fully saturated rings. The molecule has 1 aromatic rings. The van der Waals surface area contributed by atoms with Gasteiger partial charge in [-0.15, -0.1) is 0 Å². The third kappa shape index (κ3) is 7.67. The van der Waals surface area contributed by atoms with E-state index in [1.165, 1.54) is 12.2 Å². The predicted molar refractivity (Wildman–Crippen MR) is 109 cm³/mol. The second-order valence-corrected chi connectivity index (χ2v) is 6.38. The molecule has 7 nitrogen and oxygen atoms in total. The van der Waals surface area contributed by atoms with Crippen LogP contribution in [0.2, 0.25) is 5.02 Å². The number of benzene rings is 1. The molecule has 1 aromatic carbocycles. The van der Waals surface area contributed by atoms with Crippen LogP contribution >= 0.6 is 11.6 Å². The number of nitrogens with two attached hydrogens (primary N) is 1. The van der Waals surface area contributed by atoms with Crippen molar-refractivity contribution in [2.45, 2.75) is 19.3 Å². The number of halogens is 1. The first-order valence-electron chi connectivity index (χ1n) is 8.42. The topological polar surface area (TPSA) is 118 Å². The van der Waals surface area contributed by atoms with Crippen LogP contribution in [0.5, 0.6) is 0 Å². The monoisotopic (exact) mass is 378 g/mol. The van der Waals surface area contributed by atoms with E-state index in [1.807, 2.05) is 0 Å². The normalized spacial score (nSPS) is 10.6. The van der Waals surface area contributed by atoms with Gasteiger partial charge in [-0.2, -0.15) is 0 Å². The molecule has 0 heterocycles. The summed E-state index contributed by atoms with van der Waals surface area (Å²) in [7, 11) is 3.46. The summed E-state index contributed by atoms with van der Waals surface area (Å²) in [6.45, 7) is 1.38. The van der Waals surface area contributed by atoms with Gasteiger partial charge in [0, 0.05) is 31.4 Å². The van der Waals surface area contributed by atoms with Crippen LogP contribution in [0.4, 0.5) is 5.69 Å². The van der Waals surface area contributed by atoms with E-state index < -0.39 is 5.91 Å². The van der Waals surface area contributed by atoms with E-state index >= 15 is 0 Å². The van der Waals surface area contributed by atoms with Crippen LogP contribution in [-0.2, 0) is 0 Å². The first-order valence-corrected chi connectivity index (χ1v) is 8.80. The summed E-state index contributed by atoms with van der Waals surface area (Å²) in [6.07, 6.45) is 5.74. The Morgan fingerprint density at radius 2 is 1.96 bits per heavy atom. The van der Waals surface area contributed by atoms with Crippen LogP contribution in [0.25, 0.3) is 0 Å². The molecule has 8 heteroatoms. The van der Waals surface area contributed by atoms with Crippen LogP contribution in [0.1, 0.15) is 29.6 Å². The van der Waals surface area contributed by atoms with Gasteiger partial charge in [-0.1, -0.05) is 18.0 Å². The molecular formula is C18H27ClN6O. The molecule has 0 aromatic heterocycles. The van der Waals surface area contributed by atoms with Crippen LogP contribution < -0.4 is 16.4 Å². The Morgan fingerprint density at radius 3 is 2.62 bits per heavy atom. The van der Waals surface area contributed by atoms with E-state index in [0.29, 0.717) is 29.4 Å². The number of nitrogens with zero attached hydrogens (tertiary/aromatic N) is 1. The van der Waals surface area contributed by atoms with Gasteiger partial charge in [-0.25, -0.2) is 0 Å². The molecule has 1 amide bonds. The molecule has 0 bridgehead atoms. The Bertz CT molecular complexity index is 672. The fourth-order valence-corrected chi connectivity index (χ4v) is 2.24. The van der Waals surface area contributed by atoms with E-state index in [9.17, 15) is 4.79 Å². The molecule has 0 spiro atoms. The maximum absolute atomic E-state index is 12.5. The maximum atomic E-state index is 12.5. The number of nitrogens with one attached hydrogen (secondary N) is 4. The second-order valence-electron chi connectivity index (χ2n) is 5.95. The first kappa shape index (κ1) is 21.7. The molecule has 0 atom stereocenters. The van der Waals surface area contributed by atoms with Gasteiger partial charge in [0.25, 0.3) is 5.91 Å². The van der Waals surface area contributed by atoms with E-state index in [-0.39, 0.29) is 11.7 Å². The van der Waals surface area contributed by atoms with Crippen molar-refractivity contribution in [3.8, 4) is 0 Å². The molecule has 0 unspecified atom stereocenters. The third-order valence-corrected chi connectivity index (χ3v) is 3.80. The number of anilines is 1. The minimum atomic E-state index is -0.405. The van der Waals surface area contributed by atoms with E-state index in [4.69, 9.17) is 28.2 Å². The maximum Gasteiger partial charge on any atom is 0.258 e. The molecule has 0 saturated carbocycles. The molecule has 142 valence electrons. The van der Waals surface area contributed by atoms with Crippen molar-refractivity contribution in [3.63, 3.8) is 0 Å². The summed E-state index contributed by atoms with van der Waals surface area (Å²) in [6, 6.07) is 4.95. The third-order valence-electron chi connectivity index (χ3n) is 3.56. The molecule has 0 aliphatic carbocycles. The van der Waals surface area contributed by atoms with Crippen molar-refractivity contribution >= 4 is 34.9 Å². The van der Waals surface area contributed by atoms with Gasteiger partial charge >= 0.3 is 0 Å². The molecule has 1 rings (SSSR count). The highest BCUT2D eigenvalue weighted by Crippen LogP contribution is 2.21. The van der Waals surface area contributed by atoms with E-state index in [1.54, 1.807) is 37.2 Å². The zero-order valence-corrected chi connectivity index (χ0v) is 16.0. The molecule has 0 aliphatic heterocycles. The summed E-state index contributed by atoms with van der Waals surface area (Å²) in [5, 5.41) is 21.7. The fourth-order valence-electron chi connectivity index (χ4n) is 2.07. The number of unbranched alkanes of at least 4 members (excludes halogenated alkanes) is 2. The number of hydrogen-bond acceptors (Lipinski definition) is 5. The van der Waals surface area contributed by atoms with Gasteiger partial charge in [0.1, 0.15) is 11.7 Å². The zero-order valence-electron chi connectivity index (χ0n) is 15.2. The van der Waals surface area contributed by atoms with Crippen molar-refractivity contribution in [1.29, 1.82) is 10.8 Å². The summed E-state index contributed by atoms with van der Waals surface area (Å²) in [5.41, 5.74) is 6.52. The summed E-state index contributed by atoms with van der Waals surface area (Å²) in [4.78, 5) is 14.0. The van der Waals surface area contributed by atoms with Gasteiger partial charge in [0.2, 0.25) is 0 Å². The molecular weight excluding hydrogens is 352 g/mol. The van der Waals surface area contributed by atoms with Crippen molar-refractivity contribution < 1.29 is 4.79 Å². The highest BCUT2D eigenvalue weighted by Gasteiger charge is 2.12. The lowest BCUT2D eigenvalue weighted by atomic mass is 10.1. The predicted octanol–water partition coefficient (Wildman–Crippen LogP) is 2.68. The highest BCUT2D eigenvalue weighted by atomic mass is 35.5. The van der Waals surface area contributed by atoms with Crippen LogP contribution in [0, 0.1) is 10.8 Å². The van der Waals surface area contributed by atoms with E-state index in [0.717, 1.165) is 19.3 Å². The SMILES string of the molecule is CN(C)C(=N)/C=C\C(=N)NC(=O)c1ccc(Cl)cc1NCCCCCN. The standard InChI is InChI=1S/C18H27ClN6O/c1-25(2)17(22)9-8-16(21)24-18(26)14-7-6-13(19)12-15(14)23-11-5-3-4-10-20/h6-9,12,22-23H,3-5,10-11,20H2,1-2H3,(H2,21,24,26)/b9-8-,22-17?. The van der Waals surface area contributed by atoms with Crippen molar-refractivity contribution in [3.05, 3.63) is 40.9 Å². The van der Waals surface area contributed by atoms with Crippen LogP contribution in [0.15, 0.2) is 30.4 Å². The quantitative estimate of drug-likeness (QED) is 0.258. The van der Waals surface area contributed by atoms with Gasteiger partial charge in [-0.3, -0.25) is 15.6 Å². The Kier molecular flexibility index (Phi) is 9.40. The molecule has 26 heavy (non-hydrogen) atoms. The molecule has 6 N–H and O–H groups in total. The minimum Gasteiger partial charge on any atom is -0.384 e. The fraction of sp³-hybridized carbons (Fsp3) is 0.389. The number of rotatable bonds is 9.